The van der Waals surface area contributed by atoms with Gasteiger partial charge in [-0.2, -0.15) is 0 Å². The van der Waals surface area contributed by atoms with Gasteiger partial charge in [-0.1, -0.05) is 44.2 Å². The highest BCUT2D eigenvalue weighted by Crippen LogP contribution is 2.28. The molecule has 5 heteroatoms. The van der Waals surface area contributed by atoms with Gasteiger partial charge in [0.15, 0.2) is 5.76 Å². The smallest absolute Gasteiger partial charge is 0.315 e. The fourth-order valence-corrected chi connectivity index (χ4v) is 2.84. The number of carbonyl (C=O) groups is 2. The number of hydrogen-bond acceptors (Lipinski definition) is 3. The fraction of sp³-hybridized carbons (Fsp3) is 0.368. The van der Waals surface area contributed by atoms with E-state index in [2.05, 4.69) is 5.32 Å². The van der Waals surface area contributed by atoms with E-state index in [1.54, 1.807) is 37.3 Å². The molecule has 0 aliphatic carbocycles. The minimum absolute atomic E-state index is 0.00286. The fourth-order valence-electron chi connectivity index (χ4n) is 2.84. The highest BCUT2D eigenvalue weighted by molar-refractivity contribution is 5.92. The molecule has 2 aromatic rings. The highest BCUT2D eigenvalue weighted by atomic mass is 16.4. The molecule has 0 spiro atoms. The summed E-state index contributed by atoms with van der Waals surface area (Å²) in [6.07, 6.45) is 1.07. The van der Waals surface area contributed by atoms with Gasteiger partial charge < -0.3 is 14.8 Å². The maximum Gasteiger partial charge on any atom is 0.315 e. The zero-order valence-electron chi connectivity index (χ0n) is 14.3. The molecule has 0 saturated heterocycles. The first-order valence-electron chi connectivity index (χ1n) is 8.11. The Kier molecular flexibility index (Phi) is 5.44. The predicted octanol–water partition coefficient (Wildman–Crippen LogP) is 3.31. The van der Waals surface area contributed by atoms with E-state index in [0.717, 1.165) is 11.3 Å². The third-order valence-corrected chi connectivity index (χ3v) is 4.46. The second-order valence-electron chi connectivity index (χ2n) is 5.86. The van der Waals surface area contributed by atoms with Crippen LogP contribution in [0, 0.1) is 6.92 Å². The number of furan rings is 1. The van der Waals surface area contributed by atoms with E-state index in [0.29, 0.717) is 18.4 Å². The molecular formula is C19H23NO4. The van der Waals surface area contributed by atoms with E-state index in [4.69, 9.17) is 4.42 Å². The SMILES string of the molecule is CCc1oc(C(=O)NCC(CC)(C(=O)O)c2ccccc2)cc1C. The summed E-state index contributed by atoms with van der Waals surface area (Å²) < 4.78 is 5.53. The van der Waals surface area contributed by atoms with Crippen LogP contribution in [0.5, 0.6) is 0 Å². The standard InChI is InChI=1S/C19H23NO4/c1-4-15-13(3)11-16(24-15)17(21)20-12-19(5-2,18(22)23)14-9-7-6-8-10-14/h6-11H,4-5,12H2,1-3H3,(H,20,21)(H,22,23). The van der Waals surface area contributed by atoms with Crippen molar-refractivity contribution in [3.05, 3.63) is 59.0 Å². The number of carbonyl (C=O) groups excluding carboxylic acids is 1. The maximum absolute atomic E-state index is 12.3. The van der Waals surface area contributed by atoms with Crippen molar-refractivity contribution in [2.24, 2.45) is 0 Å². The number of hydrogen-bond donors (Lipinski definition) is 2. The van der Waals surface area contributed by atoms with Crippen LogP contribution in [0.2, 0.25) is 0 Å². The maximum atomic E-state index is 12.3. The average molecular weight is 329 g/mol. The van der Waals surface area contributed by atoms with Crippen molar-refractivity contribution >= 4 is 11.9 Å². The van der Waals surface area contributed by atoms with Gasteiger partial charge in [0.05, 0.1) is 0 Å². The molecule has 0 saturated carbocycles. The number of amides is 1. The lowest BCUT2D eigenvalue weighted by molar-refractivity contribution is -0.143. The van der Waals surface area contributed by atoms with Crippen LogP contribution in [-0.4, -0.2) is 23.5 Å². The van der Waals surface area contributed by atoms with E-state index in [-0.39, 0.29) is 12.3 Å². The molecule has 0 aliphatic rings. The number of carboxylic acid groups (broad SMARTS) is 1. The van der Waals surface area contributed by atoms with E-state index in [1.807, 2.05) is 19.9 Å². The molecule has 1 amide bonds. The largest absolute Gasteiger partial charge is 0.481 e. The van der Waals surface area contributed by atoms with Crippen molar-refractivity contribution in [1.29, 1.82) is 0 Å². The zero-order valence-corrected chi connectivity index (χ0v) is 14.3. The number of aryl methyl sites for hydroxylation is 2. The quantitative estimate of drug-likeness (QED) is 0.817. The third-order valence-electron chi connectivity index (χ3n) is 4.46. The molecule has 1 aromatic carbocycles. The summed E-state index contributed by atoms with van der Waals surface area (Å²) in [5.74, 6) is -0.370. The third kappa shape index (κ3) is 3.35. The molecule has 128 valence electrons. The molecule has 0 aliphatic heterocycles. The minimum Gasteiger partial charge on any atom is -0.481 e. The summed E-state index contributed by atoms with van der Waals surface area (Å²) in [6, 6.07) is 10.7. The van der Waals surface area contributed by atoms with Crippen molar-refractivity contribution in [1.82, 2.24) is 5.32 Å². The molecule has 0 radical (unpaired) electrons. The summed E-state index contributed by atoms with van der Waals surface area (Å²) in [5, 5.41) is 12.5. The minimum atomic E-state index is -1.16. The van der Waals surface area contributed by atoms with Gasteiger partial charge in [-0.15, -0.1) is 0 Å². The van der Waals surface area contributed by atoms with Crippen molar-refractivity contribution in [3.63, 3.8) is 0 Å². The molecule has 2 N–H and O–H groups in total. The van der Waals surface area contributed by atoms with Gasteiger partial charge in [0.25, 0.3) is 5.91 Å². The van der Waals surface area contributed by atoms with Gasteiger partial charge in [0.1, 0.15) is 11.2 Å². The molecule has 5 nitrogen and oxygen atoms in total. The Bertz CT molecular complexity index is 720. The summed E-state index contributed by atoms with van der Waals surface area (Å²) >= 11 is 0. The Balaban J connectivity index is 2.22. The first-order chi connectivity index (χ1) is 11.4. The molecule has 1 unspecified atom stereocenters. The van der Waals surface area contributed by atoms with Gasteiger partial charge >= 0.3 is 5.97 Å². The molecule has 0 bridgehead atoms. The molecular weight excluding hydrogens is 306 g/mol. The second-order valence-corrected chi connectivity index (χ2v) is 5.86. The van der Waals surface area contributed by atoms with E-state index < -0.39 is 17.3 Å². The lowest BCUT2D eigenvalue weighted by atomic mass is 9.78. The van der Waals surface area contributed by atoms with Gasteiger partial charge in [0.2, 0.25) is 0 Å². The average Bonchev–Trinajstić information content (AvgIpc) is 2.97. The number of nitrogens with one attached hydrogen (secondary N) is 1. The Morgan fingerprint density at radius 3 is 2.38 bits per heavy atom. The summed E-state index contributed by atoms with van der Waals surface area (Å²) in [6.45, 7) is 5.65. The lowest BCUT2D eigenvalue weighted by Gasteiger charge is -2.28. The van der Waals surface area contributed by atoms with E-state index >= 15 is 0 Å². The van der Waals surface area contributed by atoms with Crippen LogP contribution >= 0.6 is 0 Å². The van der Waals surface area contributed by atoms with Gasteiger partial charge in [-0.05, 0) is 30.5 Å². The van der Waals surface area contributed by atoms with Crippen LogP contribution in [0.4, 0.5) is 0 Å². The van der Waals surface area contributed by atoms with Crippen molar-refractivity contribution in [2.45, 2.75) is 39.0 Å². The molecule has 1 aromatic heterocycles. The number of carboxylic acids is 1. The van der Waals surface area contributed by atoms with Gasteiger partial charge in [-0.25, -0.2) is 0 Å². The Labute approximate surface area is 141 Å². The molecule has 2 rings (SSSR count). The normalized spacial score (nSPS) is 13.3. The van der Waals surface area contributed by atoms with Crippen molar-refractivity contribution in [3.8, 4) is 0 Å². The summed E-state index contributed by atoms with van der Waals surface area (Å²) in [4.78, 5) is 24.3. The van der Waals surface area contributed by atoms with Crippen LogP contribution in [0.3, 0.4) is 0 Å². The van der Waals surface area contributed by atoms with E-state index in [1.165, 1.54) is 0 Å². The van der Waals surface area contributed by atoms with Crippen LogP contribution in [0.1, 0.15) is 47.7 Å². The second kappa shape index (κ2) is 7.34. The Morgan fingerprint density at radius 1 is 1.21 bits per heavy atom. The topological polar surface area (TPSA) is 79.5 Å². The summed E-state index contributed by atoms with van der Waals surface area (Å²) in [5.41, 5.74) is 0.433. The monoisotopic (exact) mass is 329 g/mol. The zero-order chi connectivity index (χ0) is 17.7. The first kappa shape index (κ1) is 17.8. The van der Waals surface area contributed by atoms with E-state index in [9.17, 15) is 14.7 Å². The Morgan fingerprint density at radius 2 is 1.88 bits per heavy atom. The lowest BCUT2D eigenvalue weighted by Crippen LogP contribution is -2.46. The Hall–Kier alpha value is -2.56. The molecule has 1 atom stereocenters. The van der Waals surface area contributed by atoms with Gasteiger partial charge in [-0.3, -0.25) is 9.59 Å². The number of aliphatic carboxylic acids is 1. The number of benzene rings is 1. The van der Waals surface area contributed by atoms with Crippen molar-refractivity contribution < 1.29 is 19.1 Å². The number of rotatable bonds is 7. The first-order valence-corrected chi connectivity index (χ1v) is 8.11. The molecule has 1 heterocycles. The molecule has 24 heavy (non-hydrogen) atoms. The van der Waals surface area contributed by atoms with Crippen molar-refractivity contribution in [2.75, 3.05) is 6.54 Å². The molecule has 0 fully saturated rings. The predicted molar refractivity (Wildman–Crippen MR) is 91.2 cm³/mol. The van der Waals surface area contributed by atoms with Crippen LogP contribution in [0.15, 0.2) is 40.8 Å². The van der Waals surface area contributed by atoms with Crippen LogP contribution < -0.4 is 5.32 Å². The highest BCUT2D eigenvalue weighted by Gasteiger charge is 2.39. The summed E-state index contributed by atoms with van der Waals surface area (Å²) in [7, 11) is 0. The van der Waals surface area contributed by atoms with Crippen LogP contribution in [-0.2, 0) is 16.6 Å². The van der Waals surface area contributed by atoms with Crippen LogP contribution in [0.25, 0.3) is 0 Å². The van der Waals surface area contributed by atoms with Gasteiger partial charge in [0, 0.05) is 13.0 Å².